The van der Waals surface area contributed by atoms with Gasteiger partial charge in [0.25, 0.3) is 0 Å². The highest BCUT2D eigenvalue weighted by atomic mass is 35.5. The number of amides is 1. The summed E-state index contributed by atoms with van der Waals surface area (Å²) in [4.78, 5) is 16.5. The van der Waals surface area contributed by atoms with Gasteiger partial charge in [-0.1, -0.05) is 29.3 Å². The molecule has 0 radical (unpaired) electrons. The van der Waals surface area contributed by atoms with Gasteiger partial charge in [0.15, 0.2) is 0 Å². The molecule has 4 nitrogen and oxygen atoms in total. The SMILES string of the molecule is CN(C)CCN(Cc1ccco1)C(=O)CCc1ccc(Cl)cc1Cl. The lowest BCUT2D eigenvalue weighted by Crippen LogP contribution is -2.36. The van der Waals surface area contributed by atoms with Gasteiger partial charge in [0.2, 0.25) is 5.91 Å². The number of hydrogen-bond acceptors (Lipinski definition) is 3. The van der Waals surface area contributed by atoms with Gasteiger partial charge >= 0.3 is 0 Å². The van der Waals surface area contributed by atoms with Crippen LogP contribution in [0.1, 0.15) is 17.7 Å². The van der Waals surface area contributed by atoms with Crippen LogP contribution in [0.15, 0.2) is 41.0 Å². The third kappa shape index (κ3) is 5.86. The van der Waals surface area contributed by atoms with E-state index in [4.69, 9.17) is 27.6 Å². The minimum atomic E-state index is 0.0827. The predicted molar refractivity (Wildman–Crippen MR) is 97.5 cm³/mol. The van der Waals surface area contributed by atoms with Crippen LogP contribution in [0, 0.1) is 0 Å². The predicted octanol–water partition coefficient (Wildman–Crippen LogP) is 4.11. The fourth-order valence-corrected chi connectivity index (χ4v) is 2.83. The molecule has 130 valence electrons. The van der Waals surface area contributed by atoms with E-state index in [2.05, 4.69) is 4.90 Å². The molecular formula is C18H22Cl2N2O2. The molecule has 1 heterocycles. The Morgan fingerprint density at radius 2 is 1.96 bits per heavy atom. The van der Waals surface area contributed by atoms with Crippen LogP contribution in [0.3, 0.4) is 0 Å². The van der Waals surface area contributed by atoms with Crippen molar-refractivity contribution in [3.05, 3.63) is 58.0 Å². The highest BCUT2D eigenvalue weighted by Crippen LogP contribution is 2.22. The molecule has 2 aromatic rings. The smallest absolute Gasteiger partial charge is 0.223 e. The summed E-state index contributed by atoms with van der Waals surface area (Å²) in [6.07, 6.45) is 2.61. The third-order valence-electron chi connectivity index (χ3n) is 3.72. The minimum Gasteiger partial charge on any atom is -0.467 e. The van der Waals surface area contributed by atoms with Gasteiger partial charge in [0.05, 0.1) is 12.8 Å². The summed E-state index contributed by atoms with van der Waals surface area (Å²) in [6.45, 7) is 1.93. The average Bonchev–Trinajstić information content (AvgIpc) is 3.03. The van der Waals surface area contributed by atoms with Crippen LogP contribution in [-0.2, 0) is 17.8 Å². The van der Waals surface area contributed by atoms with Gasteiger partial charge < -0.3 is 14.2 Å². The third-order valence-corrected chi connectivity index (χ3v) is 4.31. The molecule has 0 N–H and O–H groups in total. The molecule has 0 unspecified atom stereocenters. The zero-order valence-corrected chi connectivity index (χ0v) is 15.5. The summed E-state index contributed by atoms with van der Waals surface area (Å²) >= 11 is 12.1. The largest absolute Gasteiger partial charge is 0.467 e. The Labute approximate surface area is 152 Å². The van der Waals surface area contributed by atoms with E-state index in [0.29, 0.717) is 36.0 Å². The molecule has 1 amide bonds. The molecule has 1 aromatic carbocycles. The van der Waals surface area contributed by atoms with Crippen molar-refractivity contribution in [1.29, 1.82) is 0 Å². The maximum atomic E-state index is 12.6. The Balaban J connectivity index is 1.97. The molecule has 2 rings (SSSR count). The average molecular weight is 369 g/mol. The van der Waals surface area contributed by atoms with E-state index >= 15 is 0 Å². The molecule has 0 aliphatic rings. The van der Waals surface area contributed by atoms with Crippen LogP contribution in [0.5, 0.6) is 0 Å². The molecule has 0 saturated carbocycles. The number of nitrogens with zero attached hydrogens (tertiary/aromatic N) is 2. The summed E-state index contributed by atoms with van der Waals surface area (Å²) < 4.78 is 5.37. The van der Waals surface area contributed by atoms with Gasteiger partial charge in [0, 0.05) is 29.6 Å². The summed E-state index contributed by atoms with van der Waals surface area (Å²) in [7, 11) is 3.98. The molecule has 0 fully saturated rings. The second kappa shape index (κ2) is 9.11. The molecule has 0 aliphatic heterocycles. The van der Waals surface area contributed by atoms with Crippen molar-refractivity contribution in [3.63, 3.8) is 0 Å². The fraction of sp³-hybridized carbons (Fsp3) is 0.389. The normalized spacial score (nSPS) is 11.0. The summed E-state index contributed by atoms with van der Waals surface area (Å²) in [5.41, 5.74) is 0.931. The Hall–Kier alpha value is -1.49. The van der Waals surface area contributed by atoms with Crippen molar-refractivity contribution in [2.24, 2.45) is 0 Å². The molecule has 0 atom stereocenters. The molecule has 0 aliphatic carbocycles. The number of halogens is 2. The van der Waals surface area contributed by atoms with Gasteiger partial charge in [-0.2, -0.15) is 0 Å². The van der Waals surface area contributed by atoms with Crippen molar-refractivity contribution in [1.82, 2.24) is 9.80 Å². The number of furan rings is 1. The lowest BCUT2D eigenvalue weighted by atomic mass is 10.1. The van der Waals surface area contributed by atoms with Gasteiger partial charge in [0.1, 0.15) is 5.76 Å². The first-order chi connectivity index (χ1) is 11.5. The monoisotopic (exact) mass is 368 g/mol. The lowest BCUT2D eigenvalue weighted by molar-refractivity contribution is -0.132. The van der Waals surface area contributed by atoms with E-state index < -0.39 is 0 Å². The minimum absolute atomic E-state index is 0.0827. The first-order valence-electron chi connectivity index (χ1n) is 7.84. The number of carbonyl (C=O) groups excluding carboxylic acids is 1. The maximum Gasteiger partial charge on any atom is 0.223 e. The quantitative estimate of drug-likeness (QED) is 0.703. The Morgan fingerprint density at radius 3 is 2.58 bits per heavy atom. The fourth-order valence-electron chi connectivity index (χ4n) is 2.33. The maximum absolute atomic E-state index is 12.6. The van der Waals surface area contributed by atoms with Crippen LogP contribution in [0.25, 0.3) is 0 Å². The van der Waals surface area contributed by atoms with E-state index in [1.807, 2.05) is 37.2 Å². The topological polar surface area (TPSA) is 36.7 Å². The van der Waals surface area contributed by atoms with Crippen LogP contribution < -0.4 is 0 Å². The molecule has 24 heavy (non-hydrogen) atoms. The highest BCUT2D eigenvalue weighted by Gasteiger charge is 2.16. The lowest BCUT2D eigenvalue weighted by Gasteiger charge is -2.23. The van der Waals surface area contributed by atoms with Crippen molar-refractivity contribution >= 4 is 29.1 Å². The second-order valence-corrected chi connectivity index (χ2v) is 6.78. The zero-order valence-electron chi connectivity index (χ0n) is 14.0. The van der Waals surface area contributed by atoms with Crippen LogP contribution >= 0.6 is 23.2 Å². The zero-order chi connectivity index (χ0) is 17.5. The van der Waals surface area contributed by atoms with Crippen molar-refractivity contribution in [3.8, 4) is 0 Å². The van der Waals surface area contributed by atoms with Gasteiger partial charge in [-0.05, 0) is 50.3 Å². The number of benzene rings is 1. The molecule has 1 aromatic heterocycles. The van der Waals surface area contributed by atoms with E-state index in [1.165, 1.54) is 0 Å². The van der Waals surface area contributed by atoms with E-state index in [0.717, 1.165) is 17.9 Å². The Bertz CT molecular complexity index is 657. The summed E-state index contributed by atoms with van der Waals surface area (Å²) in [6, 6.07) is 9.08. The first-order valence-corrected chi connectivity index (χ1v) is 8.60. The molecular weight excluding hydrogens is 347 g/mol. The van der Waals surface area contributed by atoms with E-state index in [-0.39, 0.29) is 5.91 Å². The Morgan fingerprint density at radius 1 is 1.17 bits per heavy atom. The van der Waals surface area contributed by atoms with Gasteiger partial charge in [-0.3, -0.25) is 4.79 Å². The van der Waals surface area contributed by atoms with E-state index in [1.54, 1.807) is 18.4 Å². The number of carbonyl (C=O) groups is 1. The Kier molecular flexibility index (Phi) is 7.16. The van der Waals surface area contributed by atoms with Crippen molar-refractivity contribution < 1.29 is 9.21 Å². The van der Waals surface area contributed by atoms with Crippen LogP contribution in [0.4, 0.5) is 0 Å². The van der Waals surface area contributed by atoms with Crippen molar-refractivity contribution in [2.45, 2.75) is 19.4 Å². The van der Waals surface area contributed by atoms with Gasteiger partial charge in [-0.15, -0.1) is 0 Å². The molecule has 6 heteroatoms. The molecule has 0 bridgehead atoms. The highest BCUT2D eigenvalue weighted by molar-refractivity contribution is 6.35. The van der Waals surface area contributed by atoms with Gasteiger partial charge in [-0.25, -0.2) is 0 Å². The summed E-state index contributed by atoms with van der Waals surface area (Å²) in [5.74, 6) is 0.867. The van der Waals surface area contributed by atoms with Crippen LogP contribution in [-0.4, -0.2) is 42.9 Å². The number of aryl methyl sites for hydroxylation is 1. The molecule has 0 saturated heterocycles. The van der Waals surface area contributed by atoms with Crippen molar-refractivity contribution in [2.75, 3.05) is 27.2 Å². The van der Waals surface area contributed by atoms with E-state index in [9.17, 15) is 4.79 Å². The van der Waals surface area contributed by atoms with Crippen LogP contribution in [0.2, 0.25) is 10.0 Å². The number of likely N-dealkylation sites (N-methyl/N-ethyl adjacent to an activating group) is 1. The second-order valence-electron chi connectivity index (χ2n) is 5.93. The standard InChI is InChI=1S/C18H22Cl2N2O2/c1-21(2)9-10-22(13-16-4-3-11-24-16)18(23)8-6-14-5-7-15(19)12-17(14)20/h3-5,7,11-12H,6,8-10,13H2,1-2H3. The number of rotatable bonds is 8. The molecule has 0 spiro atoms. The number of hydrogen-bond donors (Lipinski definition) is 0. The first kappa shape index (κ1) is 18.8. The summed E-state index contributed by atoms with van der Waals surface area (Å²) in [5, 5.41) is 1.20.